The molecular formula is C19H17BrN4O2S. The Kier molecular flexibility index (Phi) is 4.55. The van der Waals surface area contributed by atoms with E-state index in [1.54, 1.807) is 11.3 Å². The molecule has 0 amide bonds. The van der Waals surface area contributed by atoms with Gasteiger partial charge in [-0.3, -0.25) is 4.90 Å². The highest BCUT2D eigenvalue weighted by molar-refractivity contribution is 9.10. The van der Waals surface area contributed by atoms with Gasteiger partial charge in [0.2, 0.25) is 5.89 Å². The quantitative estimate of drug-likeness (QED) is 0.417. The Hall–Kier alpha value is -2.03. The normalized spacial score (nSPS) is 18.3. The van der Waals surface area contributed by atoms with Crippen LogP contribution in [0.2, 0.25) is 0 Å². The molecule has 1 aliphatic rings. The average Bonchev–Trinajstić information content (AvgIpc) is 3.41. The van der Waals surface area contributed by atoms with E-state index < -0.39 is 0 Å². The van der Waals surface area contributed by atoms with E-state index in [-0.39, 0.29) is 0 Å². The SMILES string of the molecule is Brc1ccc(-c2nnc(CN3CCCC[C@@H]3c3nc4ccccc4s3)o2)o1. The monoisotopic (exact) mass is 444 g/mol. The van der Waals surface area contributed by atoms with Gasteiger partial charge in [-0.1, -0.05) is 18.6 Å². The average molecular weight is 445 g/mol. The van der Waals surface area contributed by atoms with Crippen molar-refractivity contribution in [1.29, 1.82) is 0 Å². The van der Waals surface area contributed by atoms with Gasteiger partial charge in [-0.15, -0.1) is 21.5 Å². The van der Waals surface area contributed by atoms with Gasteiger partial charge in [0.15, 0.2) is 10.4 Å². The fraction of sp³-hybridized carbons (Fsp3) is 0.316. The molecule has 1 aliphatic heterocycles. The summed E-state index contributed by atoms with van der Waals surface area (Å²) in [4.78, 5) is 7.27. The van der Waals surface area contributed by atoms with Gasteiger partial charge in [-0.2, -0.15) is 0 Å². The number of hydrogen-bond donors (Lipinski definition) is 0. The van der Waals surface area contributed by atoms with E-state index in [1.807, 2.05) is 18.2 Å². The maximum Gasteiger partial charge on any atom is 0.283 e. The lowest BCUT2D eigenvalue weighted by Crippen LogP contribution is -2.33. The highest BCUT2D eigenvalue weighted by Gasteiger charge is 2.28. The van der Waals surface area contributed by atoms with Crippen molar-refractivity contribution in [3.05, 3.63) is 52.0 Å². The summed E-state index contributed by atoms with van der Waals surface area (Å²) in [7, 11) is 0. The molecule has 0 bridgehead atoms. The van der Waals surface area contributed by atoms with Gasteiger partial charge in [0.25, 0.3) is 5.89 Å². The van der Waals surface area contributed by atoms with Gasteiger partial charge >= 0.3 is 0 Å². The molecule has 4 heterocycles. The predicted molar refractivity (Wildman–Crippen MR) is 106 cm³/mol. The Morgan fingerprint density at radius 3 is 2.89 bits per heavy atom. The summed E-state index contributed by atoms with van der Waals surface area (Å²) in [6, 6.07) is 12.2. The Morgan fingerprint density at radius 2 is 2.04 bits per heavy atom. The first-order valence-electron chi connectivity index (χ1n) is 8.94. The van der Waals surface area contributed by atoms with Crippen LogP contribution >= 0.6 is 27.3 Å². The molecule has 0 unspecified atom stereocenters. The van der Waals surface area contributed by atoms with Crippen molar-refractivity contribution in [2.45, 2.75) is 31.8 Å². The number of furan rings is 1. The maximum absolute atomic E-state index is 5.83. The zero-order chi connectivity index (χ0) is 18.2. The lowest BCUT2D eigenvalue weighted by atomic mass is 10.0. The molecule has 3 aromatic heterocycles. The zero-order valence-corrected chi connectivity index (χ0v) is 16.9. The van der Waals surface area contributed by atoms with Crippen LogP contribution in [0.25, 0.3) is 21.9 Å². The molecule has 4 aromatic rings. The molecule has 5 rings (SSSR count). The summed E-state index contributed by atoms with van der Waals surface area (Å²) < 4.78 is 13.2. The predicted octanol–water partition coefficient (Wildman–Crippen LogP) is 5.43. The fourth-order valence-corrected chi connectivity index (χ4v) is 4.96. The minimum atomic E-state index is 0.296. The number of piperidine rings is 1. The Morgan fingerprint density at radius 1 is 1.11 bits per heavy atom. The zero-order valence-electron chi connectivity index (χ0n) is 14.5. The highest BCUT2D eigenvalue weighted by Crippen LogP contribution is 2.36. The molecule has 1 fully saturated rings. The molecule has 1 aromatic carbocycles. The van der Waals surface area contributed by atoms with E-state index in [1.165, 1.54) is 22.5 Å². The van der Waals surface area contributed by atoms with Crippen LogP contribution in [-0.2, 0) is 6.54 Å². The van der Waals surface area contributed by atoms with Crippen molar-refractivity contribution < 1.29 is 8.83 Å². The standard InChI is InChI=1S/C19H17BrN4O2S/c20-16-9-8-14(25-16)18-23-22-17(26-18)11-24-10-4-3-6-13(24)19-21-12-5-1-2-7-15(12)27-19/h1-2,5,7-9,13H,3-4,6,10-11H2/t13-/m1/s1. The first-order valence-corrected chi connectivity index (χ1v) is 10.5. The van der Waals surface area contributed by atoms with Gasteiger partial charge in [0, 0.05) is 0 Å². The third-order valence-corrected chi connectivity index (χ3v) is 6.36. The number of nitrogens with zero attached hydrogens (tertiary/aromatic N) is 4. The van der Waals surface area contributed by atoms with Crippen molar-refractivity contribution in [2.24, 2.45) is 0 Å². The van der Waals surface area contributed by atoms with E-state index >= 15 is 0 Å². The van der Waals surface area contributed by atoms with Crippen LogP contribution in [0.5, 0.6) is 0 Å². The smallest absolute Gasteiger partial charge is 0.283 e. The summed E-state index contributed by atoms with van der Waals surface area (Å²) in [5.41, 5.74) is 1.08. The lowest BCUT2D eigenvalue weighted by molar-refractivity contribution is 0.128. The maximum atomic E-state index is 5.83. The van der Waals surface area contributed by atoms with Crippen molar-refractivity contribution in [3.63, 3.8) is 0 Å². The van der Waals surface area contributed by atoms with Crippen molar-refractivity contribution in [3.8, 4) is 11.7 Å². The lowest BCUT2D eigenvalue weighted by Gasteiger charge is -2.33. The fourth-order valence-electron chi connectivity index (χ4n) is 3.51. The van der Waals surface area contributed by atoms with Crippen LogP contribution in [-0.4, -0.2) is 26.6 Å². The third kappa shape index (κ3) is 3.44. The number of likely N-dealkylation sites (tertiary alicyclic amines) is 1. The summed E-state index contributed by atoms with van der Waals surface area (Å²) in [5.74, 6) is 1.58. The number of rotatable bonds is 4. The molecular weight excluding hydrogens is 428 g/mol. The number of aromatic nitrogens is 3. The van der Waals surface area contributed by atoms with Crippen LogP contribution in [0.1, 0.15) is 36.2 Å². The molecule has 138 valence electrons. The molecule has 27 heavy (non-hydrogen) atoms. The first kappa shape index (κ1) is 17.1. The summed E-state index contributed by atoms with van der Waals surface area (Å²) >= 11 is 5.08. The van der Waals surface area contributed by atoms with E-state index in [4.69, 9.17) is 13.8 Å². The molecule has 0 spiro atoms. The van der Waals surface area contributed by atoms with Crippen molar-refractivity contribution >= 4 is 37.5 Å². The second kappa shape index (κ2) is 7.18. The topological polar surface area (TPSA) is 68.2 Å². The first-order chi connectivity index (χ1) is 13.3. The molecule has 0 aliphatic carbocycles. The molecule has 0 radical (unpaired) electrons. The highest BCUT2D eigenvalue weighted by atomic mass is 79.9. The van der Waals surface area contributed by atoms with E-state index in [9.17, 15) is 0 Å². The Bertz CT molecular complexity index is 1040. The van der Waals surface area contributed by atoms with Gasteiger partial charge < -0.3 is 8.83 Å². The van der Waals surface area contributed by atoms with Crippen LogP contribution < -0.4 is 0 Å². The van der Waals surface area contributed by atoms with Crippen LogP contribution in [0.15, 0.2) is 49.9 Å². The van der Waals surface area contributed by atoms with Gasteiger partial charge in [0.05, 0.1) is 22.8 Å². The summed E-state index contributed by atoms with van der Waals surface area (Å²) in [6.45, 7) is 1.63. The van der Waals surface area contributed by atoms with Crippen LogP contribution in [0, 0.1) is 0 Å². The van der Waals surface area contributed by atoms with Crippen LogP contribution in [0.3, 0.4) is 0 Å². The molecule has 1 saturated heterocycles. The molecule has 0 N–H and O–H groups in total. The van der Waals surface area contributed by atoms with Crippen LogP contribution in [0.4, 0.5) is 0 Å². The third-order valence-electron chi connectivity index (χ3n) is 4.80. The second-order valence-electron chi connectivity index (χ2n) is 6.61. The largest absolute Gasteiger partial charge is 0.444 e. The number of para-hydroxylation sites is 1. The van der Waals surface area contributed by atoms with Gasteiger partial charge in [-0.25, -0.2) is 4.98 Å². The molecule has 1 atom stereocenters. The van der Waals surface area contributed by atoms with Gasteiger partial charge in [-0.05, 0) is 59.6 Å². The van der Waals surface area contributed by atoms with Crippen molar-refractivity contribution in [2.75, 3.05) is 6.54 Å². The van der Waals surface area contributed by atoms with E-state index in [0.29, 0.717) is 34.8 Å². The number of benzene rings is 1. The minimum absolute atomic E-state index is 0.296. The molecule has 6 nitrogen and oxygen atoms in total. The number of fused-ring (bicyclic) bond motifs is 1. The number of halogens is 1. The number of hydrogen-bond acceptors (Lipinski definition) is 7. The molecule has 8 heteroatoms. The van der Waals surface area contributed by atoms with E-state index in [0.717, 1.165) is 18.5 Å². The second-order valence-corrected chi connectivity index (χ2v) is 8.45. The Balaban J connectivity index is 1.38. The Labute approximate surface area is 168 Å². The summed E-state index contributed by atoms with van der Waals surface area (Å²) in [5, 5.41) is 9.51. The summed E-state index contributed by atoms with van der Waals surface area (Å²) in [6.07, 6.45) is 3.49. The van der Waals surface area contributed by atoms with Gasteiger partial charge in [0.1, 0.15) is 5.01 Å². The molecule has 0 saturated carbocycles. The van der Waals surface area contributed by atoms with E-state index in [2.05, 4.69) is 49.2 Å². The number of thiazole rings is 1. The minimum Gasteiger partial charge on any atom is -0.444 e. The van der Waals surface area contributed by atoms with Crippen molar-refractivity contribution in [1.82, 2.24) is 20.1 Å².